The molecule has 1 aromatic heterocycles. The van der Waals surface area contributed by atoms with Crippen molar-refractivity contribution in [2.75, 3.05) is 0 Å². The molecule has 0 saturated heterocycles. The van der Waals surface area contributed by atoms with Gasteiger partial charge in [0.05, 0.1) is 18.4 Å². The maximum absolute atomic E-state index is 10.5. The first kappa shape index (κ1) is 12.7. The Morgan fingerprint density at radius 2 is 2.06 bits per heavy atom. The highest BCUT2D eigenvalue weighted by atomic mass is 16.3. The zero-order valence-corrected chi connectivity index (χ0v) is 10.6. The van der Waals surface area contributed by atoms with Crippen LogP contribution in [0.5, 0.6) is 0 Å². The Labute approximate surface area is 106 Å². The van der Waals surface area contributed by atoms with Crippen LogP contribution in [-0.4, -0.2) is 20.1 Å². The summed E-state index contributed by atoms with van der Waals surface area (Å²) in [5.41, 5.74) is 6.31. The minimum atomic E-state index is -0.982. The van der Waals surface area contributed by atoms with E-state index in [1.165, 1.54) is 0 Å². The first-order valence-corrected chi connectivity index (χ1v) is 5.92. The van der Waals surface area contributed by atoms with Crippen molar-refractivity contribution in [2.24, 2.45) is 5.73 Å². The predicted octanol–water partition coefficient (Wildman–Crippen LogP) is 1.21. The summed E-state index contributed by atoms with van der Waals surface area (Å²) < 4.78 is 1.62. The fourth-order valence-corrected chi connectivity index (χ4v) is 1.80. The molecule has 18 heavy (non-hydrogen) atoms. The smallest absolute Gasteiger partial charge is 0.106 e. The van der Waals surface area contributed by atoms with Crippen LogP contribution >= 0.6 is 0 Å². The lowest BCUT2D eigenvalue weighted by atomic mass is 9.96. The van der Waals surface area contributed by atoms with Gasteiger partial charge in [-0.05, 0) is 19.4 Å². The lowest BCUT2D eigenvalue weighted by Gasteiger charge is -2.23. The second kappa shape index (κ2) is 4.88. The van der Waals surface area contributed by atoms with E-state index in [4.69, 9.17) is 5.73 Å². The zero-order valence-electron chi connectivity index (χ0n) is 10.6. The van der Waals surface area contributed by atoms with Gasteiger partial charge in [0.15, 0.2) is 0 Å². The third kappa shape index (κ3) is 2.75. The van der Waals surface area contributed by atoms with Gasteiger partial charge in [-0.25, -0.2) is 4.68 Å². The van der Waals surface area contributed by atoms with E-state index in [1.807, 2.05) is 37.3 Å². The quantitative estimate of drug-likeness (QED) is 0.850. The summed E-state index contributed by atoms with van der Waals surface area (Å²) in [7, 11) is 0. The van der Waals surface area contributed by atoms with Crippen LogP contribution in [0, 0.1) is 0 Å². The molecule has 0 aliphatic rings. The normalized spacial score (nSPS) is 16.2. The van der Waals surface area contributed by atoms with Gasteiger partial charge < -0.3 is 10.8 Å². The van der Waals surface area contributed by atoms with Crippen molar-refractivity contribution in [3.8, 4) is 0 Å². The highest BCUT2D eigenvalue weighted by Gasteiger charge is 2.24. The molecule has 0 aliphatic carbocycles. The molecule has 2 atom stereocenters. The fourth-order valence-electron chi connectivity index (χ4n) is 1.80. The third-order valence-electron chi connectivity index (χ3n) is 2.89. The van der Waals surface area contributed by atoms with Crippen LogP contribution in [0.25, 0.3) is 0 Å². The number of benzene rings is 1. The van der Waals surface area contributed by atoms with E-state index in [2.05, 4.69) is 10.3 Å². The maximum Gasteiger partial charge on any atom is 0.106 e. The molecule has 1 aromatic carbocycles. The number of aromatic nitrogens is 3. The van der Waals surface area contributed by atoms with Crippen LogP contribution in [0.1, 0.15) is 31.1 Å². The minimum absolute atomic E-state index is 0.152. The summed E-state index contributed by atoms with van der Waals surface area (Å²) in [6.07, 6.45) is 1.77. The van der Waals surface area contributed by atoms with Gasteiger partial charge in [0.25, 0.3) is 0 Å². The molecule has 5 heteroatoms. The van der Waals surface area contributed by atoms with Crippen LogP contribution in [0.3, 0.4) is 0 Å². The second-order valence-corrected chi connectivity index (χ2v) is 4.77. The van der Waals surface area contributed by atoms with E-state index in [0.717, 1.165) is 11.3 Å². The molecule has 1 heterocycles. The SMILES string of the molecule is CC(N)c1cn(CC(C)(O)c2ccccc2)nn1. The minimum Gasteiger partial charge on any atom is -0.384 e. The van der Waals surface area contributed by atoms with E-state index in [1.54, 1.807) is 17.8 Å². The van der Waals surface area contributed by atoms with Crippen molar-refractivity contribution < 1.29 is 5.11 Å². The highest BCUT2D eigenvalue weighted by Crippen LogP contribution is 2.22. The molecule has 2 unspecified atom stereocenters. The van der Waals surface area contributed by atoms with Crippen molar-refractivity contribution in [1.82, 2.24) is 15.0 Å². The van der Waals surface area contributed by atoms with Crippen LogP contribution in [0.15, 0.2) is 36.5 Å². The number of aliphatic hydroxyl groups is 1. The van der Waals surface area contributed by atoms with Crippen molar-refractivity contribution in [3.63, 3.8) is 0 Å². The van der Waals surface area contributed by atoms with Gasteiger partial charge in [-0.2, -0.15) is 0 Å². The largest absolute Gasteiger partial charge is 0.384 e. The van der Waals surface area contributed by atoms with Crippen LogP contribution < -0.4 is 5.73 Å². The van der Waals surface area contributed by atoms with Crippen LogP contribution in [-0.2, 0) is 12.1 Å². The molecule has 0 saturated carbocycles. The molecule has 0 aliphatic heterocycles. The van der Waals surface area contributed by atoms with Gasteiger partial charge in [0.1, 0.15) is 5.60 Å². The molecule has 0 radical (unpaired) electrons. The van der Waals surface area contributed by atoms with E-state index in [9.17, 15) is 5.11 Å². The van der Waals surface area contributed by atoms with Crippen molar-refractivity contribution in [1.29, 1.82) is 0 Å². The Morgan fingerprint density at radius 3 is 2.61 bits per heavy atom. The number of hydrogen-bond donors (Lipinski definition) is 2. The molecule has 0 spiro atoms. The van der Waals surface area contributed by atoms with E-state index >= 15 is 0 Å². The summed E-state index contributed by atoms with van der Waals surface area (Å²) in [5.74, 6) is 0. The Hall–Kier alpha value is -1.72. The topological polar surface area (TPSA) is 77.0 Å². The summed E-state index contributed by atoms with van der Waals surface area (Å²) in [5, 5.41) is 18.4. The van der Waals surface area contributed by atoms with Gasteiger partial charge in [-0.3, -0.25) is 0 Å². The van der Waals surface area contributed by atoms with E-state index < -0.39 is 5.60 Å². The monoisotopic (exact) mass is 246 g/mol. The standard InChI is InChI=1S/C13H18N4O/c1-10(14)12-8-17(16-15-12)9-13(2,18)11-6-4-3-5-7-11/h3-8,10,18H,9,14H2,1-2H3. The Balaban J connectivity index is 2.17. The Kier molecular flexibility index (Phi) is 3.45. The van der Waals surface area contributed by atoms with Gasteiger partial charge in [-0.15, -0.1) is 5.10 Å². The number of nitrogens with zero attached hydrogens (tertiary/aromatic N) is 3. The molecule has 2 rings (SSSR count). The van der Waals surface area contributed by atoms with Gasteiger partial charge in [0, 0.05) is 6.04 Å². The van der Waals surface area contributed by atoms with Crippen molar-refractivity contribution in [2.45, 2.75) is 32.0 Å². The van der Waals surface area contributed by atoms with Gasteiger partial charge >= 0.3 is 0 Å². The molecule has 96 valence electrons. The third-order valence-corrected chi connectivity index (χ3v) is 2.89. The molecule has 0 amide bonds. The zero-order chi connectivity index (χ0) is 13.2. The summed E-state index contributed by atoms with van der Waals surface area (Å²) >= 11 is 0. The van der Waals surface area contributed by atoms with Gasteiger partial charge in [-0.1, -0.05) is 35.5 Å². The molecule has 5 nitrogen and oxygen atoms in total. The molecule has 0 bridgehead atoms. The molecule has 2 aromatic rings. The maximum atomic E-state index is 10.5. The van der Waals surface area contributed by atoms with E-state index in [0.29, 0.717) is 6.54 Å². The van der Waals surface area contributed by atoms with Crippen LogP contribution in [0.4, 0.5) is 0 Å². The Bertz CT molecular complexity index is 505. The summed E-state index contributed by atoms with van der Waals surface area (Å²) in [6.45, 7) is 3.95. The van der Waals surface area contributed by atoms with Crippen molar-refractivity contribution in [3.05, 3.63) is 47.8 Å². The van der Waals surface area contributed by atoms with Crippen molar-refractivity contribution >= 4 is 0 Å². The molecular formula is C13H18N4O. The average molecular weight is 246 g/mol. The molecule has 3 N–H and O–H groups in total. The molecule has 0 fully saturated rings. The van der Waals surface area contributed by atoms with Crippen LogP contribution in [0.2, 0.25) is 0 Å². The second-order valence-electron chi connectivity index (χ2n) is 4.77. The number of rotatable bonds is 4. The summed E-state index contributed by atoms with van der Waals surface area (Å²) in [4.78, 5) is 0. The lowest BCUT2D eigenvalue weighted by Crippen LogP contribution is -2.28. The van der Waals surface area contributed by atoms with E-state index in [-0.39, 0.29) is 6.04 Å². The first-order chi connectivity index (χ1) is 8.49. The molecular weight excluding hydrogens is 228 g/mol. The Morgan fingerprint density at radius 1 is 1.39 bits per heavy atom. The average Bonchev–Trinajstić information content (AvgIpc) is 2.78. The predicted molar refractivity (Wildman–Crippen MR) is 68.6 cm³/mol. The highest BCUT2D eigenvalue weighted by molar-refractivity contribution is 5.21. The number of hydrogen-bond acceptors (Lipinski definition) is 4. The summed E-state index contributed by atoms with van der Waals surface area (Å²) in [6, 6.07) is 9.35. The van der Waals surface area contributed by atoms with Gasteiger partial charge in [0.2, 0.25) is 0 Å². The fraction of sp³-hybridized carbons (Fsp3) is 0.385. The number of nitrogens with two attached hydrogens (primary N) is 1. The lowest BCUT2D eigenvalue weighted by molar-refractivity contribution is 0.0341. The first-order valence-electron chi connectivity index (χ1n) is 5.92.